The number of likely N-dealkylation sites (tertiary alicyclic amines) is 1. The van der Waals surface area contributed by atoms with Crippen LogP contribution in [0.25, 0.3) is 0 Å². The molecule has 134 valence electrons. The second-order valence-electron chi connectivity index (χ2n) is 7.46. The highest BCUT2D eigenvalue weighted by molar-refractivity contribution is 7.98. The van der Waals surface area contributed by atoms with Gasteiger partial charge in [-0.05, 0) is 25.0 Å². The molecule has 0 radical (unpaired) electrons. The summed E-state index contributed by atoms with van der Waals surface area (Å²) in [4.78, 5) is 26.3. The predicted molar refractivity (Wildman–Crippen MR) is 93.9 cm³/mol. The molecule has 1 saturated heterocycles. The number of hydrogen-bond acceptors (Lipinski definition) is 5. The summed E-state index contributed by atoms with van der Waals surface area (Å²) in [5, 5.41) is 15.9. The molecule has 3 N–H and O–H groups in total. The molecule has 0 aromatic carbocycles. The van der Waals surface area contributed by atoms with Crippen LogP contribution in [0.4, 0.5) is 0 Å². The van der Waals surface area contributed by atoms with Gasteiger partial charge in [0, 0.05) is 31.3 Å². The fraction of sp³-hybridized carbons (Fsp3) is 0.875. The second-order valence-corrected chi connectivity index (χ2v) is 8.32. The number of aliphatic hydroxyl groups excluding tert-OH is 1. The molecule has 0 aromatic heterocycles. The van der Waals surface area contributed by atoms with E-state index in [2.05, 4.69) is 10.6 Å². The Hall–Kier alpha value is -0.790. The van der Waals surface area contributed by atoms with E-state index in [4.69, 9.17) is 0 Å². The van der Waals surface area contributed by atoms with Crippen LogP contribution in [0.5, 0.6) is 0 Å². The largest absolute Gasteiger partial charge is 0.391 e. The van der Waals surface area contributed by atoms with Crippen LogP contribution in [0.1, 0.15) is 47.0 Å². The molecule has 1 rings (SSSR count). The fourth-order valence-electron chi connectivity index (χ4n) is 2.72. The van der Waals surface area contributed by atoms with E-state index < -0.39 is 6.10 Å². The average molecular weight is 346 g/mol. The average Bonchev–Trinajstić information content (AvgIpc) is 2.75. The molecule has 1 aliphatic heterocycles. The lowest BCUT2D eigenvalue weighted by Crippen LogP contribution is -2.46. The highest BCUT2D eigenvalue weighted by atomic mass is 32.2. The summed E-state index contributed by atoms with van der Waals surface area (Å²) in [5.41, 5.74) is -0.103. The summed E-state index contributed by atoms with van der Waals surface area (Å²) in [5.74, 6) is 0.680. The zero-order valence-electron chi connectivity index (χ0n) is 14.9. The van der Waals surface area contributed by atoms with Crippen molar-refractivity contribution in [2.24, 2.45) is 5.41 Å². The standard InChI is InChI=1S/C16H31N3O3S/c1-11(17-10-23-5)18-14(21)7-12-6-13(20)9-19(12)15(22)8-16(2,3)4/h11-13,17,20H,6-10H2,1-5H3,(H,18,21)/t11?,12?,13-/m1/s1. The van der Waals surface area contributed by atoms with E-state index in [-0.39, 0.29) is 35.9 Å². The van der Waals surface area contributed by atoms with Crippen molar-refractivity contribution in [2.75, 3.05) is 18.7 Å². The van der Waals surface area contributed by atoms with E-state index in [1.165, 1.54) is 0 Å². The quantitative estimate of drug-likeness (QED) is 0.603. The normalized spacial score (nSPS) is 23.0. The van der Waals surface area contributed by atoms with Crippen molar-refractivity contribution in [3.63, 3.8) is 0 Å². The van der Waals surface area contributed by atoms with Crippen LogP contribution in [0.3, 0.4) is 0 Å². The van der Waals surface area contributed by atoms with Gasteiger partial charge in [0.25, 0.3) is 0 Å². The zero-order chi connectivity index (χ0) is 17.6. The SMILES string of the molecule is CSCNC(C)NC(=O)CC1C[C@@H](O)CN1C(=O)CC(C)(C)C. The molecular weight excluding hydrogens is 314 g/mol. The third-order valence-corrected chi connectivity index (χ3v) is 4.18. The molecule has 2 unspecified atom stereocenters. The van der Waals surface area contributed by atoms with Gasteiger partial charge in [0.15, 0.2) is 0 Å². The zero-order valence-corrected chi connectivity index (χ0v) is 15.7. The minimum atomic E-state index is -0.538. The molecule has 1 aliphatic rings. The van der Waals surface area contributed by atoms with Crippen LogP contribution in [-0.2, 0) is 9.59 Å². The van der Waals surface area contributed by atoms with Crippen LogP contribution in [0.15, 0.2) is 0 Å². The summed E-state index contributed by atoms with van der Waals surface area (Å²) in [6.45, 7) is 8.25. The number of carbonyl (C=O) groups is 2. The van der Waals surface area contributed by atoms with E-state index in [1.807, 2.05) is 34.0 Å². The molecule has 0 saturated carbocycles. The van der Waals surface area contributed by atoms with Gasteiger partial charge in [-0.25, -0.2) is 0 Å². The van der Waals surface area contributed by atoms with E-state index in [0.717, 1.165) is 5.88 Å². The molecule has 23 heavy (non-hydrogen) atoms. The number of nitrogens with zero attached hydrogens (tertiary/aromatic N) is 1. The Bertz CT molecular complexity index is 412. The number of carbonyl (C=O) groups excluding carboxylic acids is 2. The lowest BCUT2D eigenvalue weighted by Gasteiger charge is -2.28. The van der Waals surface area contributed by atoms with Gasteiger partial charge in [-0.1, -0.05) is 20.8 Å². The van der Waals surface area contributed by atoms with Gasteiger partial charge in [0.2, 0.25) is 11.8 Å². The maximum Gasteiger partial charge on any atom is 0.223 e. The first kappa shape index (κ1) is 20.3. The number of aliphatic hydroxyl groups is 1. The third kappa shape index (κ3) is 7.54. The molecule has 0 spiro atoms. The summed E-state index contributed by atoms with van der Waals surface area (Å²) < 4.78 is 0. The summed E-state index contributed by atoms with van der Waals surface area (Å²) in [6, 6.07) is -0.215. The Morgan fingerprint density at radius 1 is 1.39 bits per heavy atom. The van der Waals surface area contributed by atoms with Crippen molar-refractivity contribution in [2.45, 2.75) is 65.3 Å². The van der Waals surface area contributed by atoms with E-state index >= 15 is 0 Å². The molecule has 1 fully saturated rings. The molecule has 7 heteroatoms. The maximum absolute atomic E-state index is 12.4. The smallest absolute Gasteiger partial charge is 0.223 e. The van der Waals surface area contributed by atoms with Crippen LogP contribution in [0, 0.1) is 5.41 Å². The van der Waals surface area contributed by atoms with Gasteiger partial charge >= 0.3 is 0 Å². The van der Waals surface area contributed by atoms with E-state index in [0.29, 0.717) is 19.4 Å². The number of amides is 2. The third-order valence-electron chi connectivity index (χ3n) is 3.73. The van der Waals surface area contributed by atoms with Gasteiger partial charge in [-0.15, -0.1) is 11.8 Å². The first-order valence-corrected chi connectivity index (χ1v) is 9.51. The molecule has 6 nitrogen and oxygen atoms in total. The van der Waals surface area contributed by atoms with Crippen molar-refractivity contribution < 1.29 is 14.7 Å². The van der Waals surface area contributed by atoms with Crippen LogP contribution in [0.2, 0.25) is 0 Å². The first-order chi connectivity index (χ1) is 10.6. The number of nitrogens with one attached hydrogen (secondary N) is 2. The van der Waals surface area contributed by atoms with Gasteiger partial charge in [0.05, 0.1) is 12.3 Å². The number of rotatable bonds is 7. The Kier molecular flexibility index (Phi) is 7.83. The van der Waals surface area contributed by atoms with Crippen molar-refractivity contribution in [3.8, 4) is 0 Å². The van der Waals surface area contributed by atoms with Gasteiger partial charge in [0.1, 0.15) is 0 Å². The van der Waals surface area contributed by atoms with Crippen molar-refractivity contribution in [1.29, 1.82) is 0 Å². The Balaban J connectivity index is 2.55. The molecule has 0 bridgehead atoms. The van der Waals surface area contributed by atoms with E-state index in [1.54, 1.807) is 16.7 Å². The van der Waals surface area contributed by atoms with Crippen molar-refractivity contribution in [3.05, 3.63) is 0 Å². The molecule has 0 aliphatic carbocycles. The van der Waals surface area contributed by atoms with Gasteiger partial charge in [-0.3, -0.25) is 14.9 Å². The minimum absolute atomic E-state index is 0.0143. The summed E-state index contributed by atoms with van der Waals surface area (Å²) >= 11 is 1.65. The summed E-state index contributed by atoms with van der Waals surface area (Å²) in [7, 11) is 0. The van der Waals surface area contributed by atoms with E-state index in [9.17, 15) is 14.7 Å². The minimum Gasteiger partial charge on any atom is -0.391 e. The van der Waals surface area contributed by atoms with Crippen molar-refractivity contribution in [1.82, 2.24) is 15.5 Å². The predicted octanol–water partition coefficient (Wildman–Crippen LogP) is 1.15. The Morgan fingerprint density at radius 3 is 2.61 bits per heavy atom. The second kappa shape index (κ2) is 8.89. The van der Waals surface area contributed by atoms with Gasteiger partial charge in [-0.2, -0.15) is 0 Å². The number of thioether (sulfide) groups is 1. The maximum atomic E-state index is 12.4. The molecule has 1 heterocycles. The fourth-order valence-corrected chi connectivity index (χ4v) is 3.14. The molecule has 0 aromatic rings. The van der Waals surface area contributed by atoms with Gasteiger partial charge < -0.3 is 15.3 Å². The highest BCUT2D eigenvalue weighted by Crippen LogP contribution is 2.26. The monoisotopic (exact) mass is 345 g/mol. The molecule has 2 amide bonds. The Morgan fingerprint density at radius 2 is 2.04 bits per heavy atom. The Labute approximate surface area is 143 Å². The van der Waals surface area contributed by atoms with Crippen LogP contribution >= 0.6 is 11.8 Å². The number of hydrogen-bond donors (Lipinski definition) is 3. The summed E-state index contributed by atoms with van der Waals surface area (Å²) in [6.07, 6.45) is 2.46. The van der Waals surface area contributed by atoms with Crippen molar-refractivity contribution >= 4 is 23.6 Å². The molecular formula is C16H31N3O3S. The lowest BCUT2D eigenvalue weighted by atomic mass is 9.91. The lowest BCUT2D eigenvalue weighted by molar-refractivity contribution is -0.135. The van der Waals surface area contributed by atoms with Crippen LogP contribution < -0.4 is 10.6 Å². The first-order valence-electron chi connectivity index (χ1n) is 8.11. The van der Waals surface area contributed by atoms with Crippen LogP contribution in [-0.4, -0.2) is 58.8 Å². The number of β-amino-alcohol motifs (C(OH)–C–C–N with tert-alkyl or cyclic N) is 1. The topological polar surface area (TPSA) is 81.7 Å². The highest BCUT2D eigenvalue weighted by Gasteiger charge is 2.36. The molecule has 3 atom stereocenters.